The molecular formula is C19H27F3N2O2. The number of carbonyl (C=O) groups is 1. The normalized spacial score (nSPS) is 16.5. The van der Waals surface area contributed by atoms with Crippen LogP contribution in [-0.4, -0.2) is 62.2 Å². The van der Waals surface area contributed by atoms with Gasteiger partial charge in [-0.3, -0.25) is 4.79 Å². The number of benzene rings is 1. The fourth-order valence-electron chi connectivity index (χ4n) is 3.27. The second kappa shape index (κ2) is 9.26. The van der Waals surface area contributed by atoms with Gasteiger partial charge < -0.3 is 14.5 Å². The van der Waals surface area contributed by atoms with Gasteiger partial charge in [0.2, 0.25) is 5.91 Å². The maximum Gasteiger partial charge on any atom is 0.397 e. The van der Waals surface area contributed by atoms with Crippen molar-refractivity contribution in [1.82, 2.24) is 9.80 Å². The quantitative estimate of drug-likeness (QED) is 0.736. The number of methoxy groups -OCH3 is 1. The molecule has 0 saturated carbocycles. The molecule has 0 N–H and O–H groups in total. The van der Waals surface area contributed by atoms with Crippen molar-refractivity contribution in [2.75, 3.05) is 40.3 Å². The van der Waals surface area contributed by atoms with E-state index < -0.39 is 18.5 Å². The summed E-state index contributed by atoms with van der Waals surface area (Å²) in [6.45, 7) is 3.20. The standard InChI is InChI=1S/C19H27F3N2O2/c1-23(18(25)13-19(20,21)22)14-16-8-11-24(12-9-16)10-7-15-3-5-17(26-2)6-4-15/h3-6,16H,7-14H2,1-2H3. The minimum atomic E-state index is -4.43. The Bertz CT molecular complexity index is 567. The first-order chi connectivity index (χ1) is 12.3. The van der Waals surface area contributed by atoms with Crippen LogP contribution in [0.2, 0.25) is 0 Å². The van der Waals surface area contributed by atoms with Crippen molar-refractivity contribution in [3.05, 3.63) is 29.8 Å². The van der Waals surface area contributed by atoms with Gasteiger partial charge >= 0.3 is 6.18 Å². The largest absolute Gasteiger partial charge is 0.497 e. The Kier molecular flexibility index (Phi) is 7.32. The number of nitrogens with zero attached hydrogens (tertiary/aromatic N) is 2. The van der Waals surface area contributed by atoms with Gasteiger partial charge in [0, 0.05) is 20.1 Å². The highest BCUT2D eigenvalue weighted by molar-refractivity contribution is 5.76. The van der Waals surface area contributed by atoms with Gasteiger partial charge in [0.05, 0.1) is 7.11 Å². The average molecular weight is 372 g/mol. The van der Waals surface area contributed by atoms with Crippen LogP contribution < -0.4 is 4.74 Å². The van der Waals surface area contributed by atoms with Crippen LogP contribution in [0, 0.1) is 5.92 Å². The van der Waals surface area contributed by atoms with E-state index in [0.29, 0.717) is 6.54 Å². The molecular weight excluding hydrogens is 345 g/mol. The second-order valence-corrected chi connectivity index (χ2v) is 6.95. The van der Waals surface area contributed by atoms with Crippen molar-refractivity contribution in [2.45, 2.75) is 31.9 Å². The van der Waals surface area contributed by atoms with Crippen LogP contribution in [0.25, 0.3) is 0 Å². The molecule has 1 aliphatic rings. The zero-order valence-corrected chi connectivity index (χ0v) is 15.4. The van der Waals surface area contributed by atoms with Gasteiger partial charge in [-0.05, 0) is 56.0 Å². The number of hydrogen-bond donors (Lipinski definition) is 0. The van der Waals surface area contributed by atoms with E-state index in [0.717, 1.165) is 44.6 Å². The number of alkyl halides is 3. The molecule has 0 aliphatic carbocycles. The number of carbonyl (C=O) groups excluding carboxylic acids is 1. The molecule has 0 unspecified atom stereocenters. The number of hydrogen-bond acceptors (Lipinski definition) is 3. The lowest BCUT2D eigenvalue weighted by atomic mass is 9.96. The Hall–Kier alpha value is -1.76. The molecule has 0 spiro atoms. The van der Waals surface area contributed by atoms with Crippen molar-refractivity contribution < 1.29 is 22.7 Å². The Morgan fingerprint density at radius 2 is 1.85 bits per heavy atom. The van der Waals surface area contributed by atoms with Crippen LogP contribution in [0.15, 0.2) is 24.3 Å². The zero-order valence-electron chi connectivity index (χ0n) is 15.4. The van der Waals surface area contributed by atoms with Crippen molar-refractivity contribution in [1.29, 1.82) is 0 Å². The summed E-state index contributed by atoms with van der Waals surface area (Å²) in [5.74, 6) is 0.271. The van der Waals surface area contributed by atoms with Gasteiger partial charge in [-0.1, -0.05) is 12.1 Å². The van der Waals surface area contributed by atoms with Crippen LogP contribution in [0.1, 0.15) is 24.8 Å². The number of halogens is 3. The predicted molar refractivity (Wildman–Crippen MR) is 94.2 cm³/mol. The third-order valence-electron chi connectivity index (χ3n) is 4.89. The van der Waals surface area contributed by atoms with Gasteiger partial charge in [0.15, 0.2) is 0 Å². The third kappa shape index (κ3) is 6.86. The van der Waals surface area contributed by atoms with Crippen LogP contribution in [0.4, 0.5) is 13.2 Å². The van der Waals surface area contributed by atoms with Crippen molar-refractivity contribution >= 4 is 5.91 Å². The molecule has 0 aromatic heterocycles. The average Bonchev–Trinajstić information content (AvgIpc) is 2.60. The summed E-state index contributed by atoms with van der Waals surface area (Å²) in [5, 5.41) is 0. The Balaban J connectivity index is 1.68. The fourth-order valence-corrected chi connectivity index (χ4v) is 3.27. The Morgan fingerprint density at radius 1 is 1.23 bits per heavy atom. The monoisotopic (exact) mass is 372 g/mol. The number of likely N-dealkylation sites (tertiary alicyclic amines) is 1. The van der Waals surface area contributed by atoms with Crippen LogP contribution >= 0.6 is 0 Å². The van der Waals surface area contributed by atoms with Gasteiger partial charge in [-0.25, -0.2) is 0 Å². The maximum atomic E-state index is 12.3. The molecule has 1 amide bonds. The third-order valence-corrected chi connectivity index (χ3v) is 4.89. The van der Waals surface area contributed by atoms with Crippen molar-refractivity contribution in [3.8, 4) is 5.75 Å². The van der Waals surface area contributed by atoms with Crippen molar-refractivity contribution in [3.63, 3.8) is 0 Å². The van der Waals surface area contributed by atoms with Crippen LogP contribution in [-0.2, 0) is 11.2 Å². The lowest BCUT2D eigenvalue weighted by molar-refractivity contribution is -0.160. The number of rotatable bonds is 7. The van der Waals surface area contributed by atoms with Crippen LogP contribution in [0.3, 0.4) is 0 Å². The van der Waals surface area contributed by atoms with E-state index in [1.165, 1.54) is 17.5 Å². The molecule has 1 saturated heterocycles. The zero-order chi connectivity index (χ0) is 19.2. The Labute approximate surface area is 152 Å². The highest BCUT2D eigenvalue weighted by atomic mass is 19.4. The first-order valence-electron chi connectivity index (χ1n) is 8.93. The lowest BCUT2D eigenvalue weighted by Crippen LogP contribution is -2.40. The van der Waals surface area contributed by atoms with Crippen LogP contribution in [0.5, 0.6) is 5.75 Å². The summed E-state index contributed by atoms with van der Waals surface area (Å²) in [6.07, 6.45) is -3.03. The first-order valence-corrected chi connectivity index (χ1v) is 8.93. The van der Waals surface area contributed by atoms with Gasteiger partial charge in [-0.2, -0.15) is 13.2 Å². The molecule has 0 bridgehead atoms. The molecule has 1 heterocycles. The number of ether oxygens (including phenoxy) is 1. The topological polar surface area (TPSA) is 32.8 Å². The molecule has 146 valence electrons. The van der Waals surface area contributed by atoms with E-state index in [9.17, 15) is 18.0 Å². The van der Waals surface area contributed by atoms with E-state index >= 15 is 0 Å². The lowest BCUT2D eigenvalue weighted by Gasteiger charge is -2.34. The van der Waals surface area contributed by atoms with Crippen molar-refractivity contribution in [2.24, 2.45) is 5.92 Å². The van der Waals surface area contributed by atoms with E-state index in [-0.39, 0.29) is 5.92 Å². The molecule has 0 atom stereocenters. The summed E-state index contributed by atoms with van der Waals surface area (Å²) in [4.78, 5) is 15.2. The molecule has 4 nitrogen and oxygen atoms in total. The highest BCUT2D eigenvalue weighted by Gasteiger charge is 2.33. The SMILES string of the molecule is COc1ccc(CCN2CCC(CN(C)C(=O)CC(F)(F)F)CC2)cc1. The predicted octanol–water partition coefficient (Wildman–Crippen LogP) is 3.36. The molecule has 1 fully saturated rings. The second-order valence-electron chi connectivity index (χ2n) is 6.95. The summed E-state index contributed by atoms with van der Waals surface area (Å²) in [7, 11) is 3.11. The van der Waals surface area contributed by atoms with E-state index in [2.05, 4.69) is 17.0 Å². The van der Waals surface area contributed by atoms with Gasteiger partial charge in [-0.15, -0.1) is 0 Å². The summed E-state index contributed by atoms with van der Waals surface area (Å²) >= 11 is 0. The molecule has 1 aliphatic heterocycles. The Morgan fingerprint density at radius 3 is 2.38 bits per heavy atom. The first kappa shape index (κ1) is 20.6. The molecule has 1 aromatic rings. The van der Waals surface area contributed by atoms with Gasteiger partial charge in [0.25, 0.3) is 0 Å². The minimum absolute atomic E-state index is 0.273. The summed E-state index contributed by atoms with van der Waals surface area (Å²) in [6, 6.07) is 8.03. The molecule has 2 rings (SSSR count). The molecule has 1 aromatic carbocycles. The smallest absolute Gasteiger partial charge is 0.397 e. The fraction of sp³-hybridized carbons (Fsp3) is 0.632. The molecule has 7 heteroatoms. The number of piperidine rings is 1. The number of amides is 1. The van der Waals surface area contributed by atoms with E-state index in [4.69, 9.17) is 4.74 Å². The molecule has 26 heavy (non-hydrogen) atoms. The van der Waals surface area contributed by atoms with Gasteiger partial charge in [0.1, 0.15) is 12.2 Å². The maximum absolute atomic E-state index is 12.3. The highest BCUT2D eigenvalue weighted by Crippen LogP contribution is 2.23. The summed E-state index contributed by atoms with van der Waals surface area (Å²) in [5.41, 5.74) is 1.26. The minimum Gasteiger partial charge on any atom is -0.497 e. The molecule has 0 radical (unpaired) electrons. The van der Waals surface area contributed by atoms with E-state index in [1.807, 2.05) is 12.1 Å². The summed E-state index contributed by atoms with van der Waals surface area (Å²) < 4.78 is 42.1. The van der Waals surface area contributed by atoms with E-state index in [1.54, 1.807) is 7.11 Å².